The molecule has 0 bridgehead atoms. The standard InChI is InChI=1S/C22H15N3O5S/c1-12-19(21(28)30-22-16-5-3-2-4-15(16)20(27)29-22)24-17(26)10-18(24)31-25(12)14-8-6-13(11-23)7-9-14/h2-9,18,22H,10H2,1H3/t18-,22?/m1/s1. The number of hydrogen-bond donors (Lipinski definition) is 0. The van der Waals surface area contributed by atoms with Gasteiger partial charge in [-0.1, -0.05) is 18.2 Å². The molecule has 3 heterocycles. The van der Waals surface area contributed by atoms with Crippen molar-refractivity contribution in [2.45, 2.75) is 25.0 Å². The predicted octanol–water partition coefficient (Wildman–Crippen LogP) is 3.23. The number of anilines is 1. The van der Waals surface area contributed by atoms with Crippen molar-refractivity contribution in [1.82, 2.24) is 4.90 Å². The van der Waals surface area contributed by atoms with E-state index in [0.29, 0.717) is 28.8 Å². The molecule has 2 atom stereocenters. The van der Waals surface area contributed by atoms with E-state index in [4.69, 9.17) is 14.7 Å². The minimum absolute atomic E-state index is 0.116. The normalized spacial score (nSPS) is 21.7. The third-order valence-electron chi connectivity index (χ3n) is 5.31. The van der Waals surface area contributed by atoms with Crippen molar-refractivity contribution >= 4 is 35.5 Å². The van der Waals surface area contributed by atoms with Gasteiger partial charge in [0.1, 0.15) is 5.37 Å². The van der Waals surface area contributed by atoms with E-state index >= 15 is 0 Å². The maximum absolute atomic E-state index is 13.1. The van der Waals surface area contributed by atoms with Gasteiger partial charge < -0.3 is 9.47 Å². The van der Waals surface area contributed by atoms with Gasteiger partial charge in [-0.25, -0.2) is 9.59 Å². The molecular weight excluding hydrogens is 418 g/mol. The molecule has 0 aliphatic carbocycles. The smallest absolute Gasteiger partial charge is 0.360 e. The molecule has 8 nitrogen and oxygen atoms in total. The molecule has 3 aliphatic rings. The van der Waals surface area contributed by atoms with E-state index in [1.165, 1.54) is 16.8 Å². The summed E-state index contributed by atoms with van der Waals surface area (Å²) in [5.41, 5.74) is 2.74. The summed E-state index contributed by atoms with van der Waals surface area (Å²) >= 11 is 1.42. The molecule has 2 aromatic rings. The number of cyclic esters (lactones) is 1. The summed E-state index contributed by atoms with van der Waals surface area (Å²) in [6.07, 6.45) is -0.868. The lowest BCUT2D eigenvalue weighted by Crippen LogP contribution is -2.56. The van der Waals surface area contributed by atoms with Crippen molar-refractivity contribution in [3.8, 4) is 6.07 Å². The van der Waals surface area contributed by atoms with Crippen molar-refractivity contribution in [1.29, 1.82) is 5.26 Å². The first-order valence-corrected chi connectivity index (χ1v) is 10.3. The van der Waals surface area contributed by atoms with E-state index in [-0.39, 0.29) is 17.0 Å². The number of nitrogens with zero attached hydrogens (tertiary/aromatic N) is 3. The number of amides is 1. The largest absolute Gasteiger partial charge is 0.417 e. The number of allylic oxidation sites excluding steroid dienone is 1. The first-order chi connectivity index (χ1) is 15.0. The lowest BCUT2D eigenvalue weighted by Gasteiger charge is -2.47. The molecule has 31 heavy (non-hydrogen) atoms. The van der Waals surface area contributed by atoms with Crippen molar-refractivity contribution in [3.05, 3.63) is 76.6 Å². The molecule has 0 N–H and O–H groups in total. The van der Waals surface area contributed by atoms with Crippen molar-refractivity contribution < 1.29 is 23.9 Å². The molecule has 3 aliphatic heterocycles. The van der Waals surface area contributed by atoms with Gasteiger partial charge in [-0.15, -0.1) is 0 Å². The van der Waals surface area contributed by atoms with Crippen LogP contribution < -0.4 is 4.31 Å². The van der Waals surface area contributed by atoms with Gasteiger partial charge in [0.2, 0.25) is 5.91 Å². The van der Waals surface area contributed by atoms with Crippen molar-refractivity contribution in [3.63, 3.8) is 0 Å². The third kappa shape index (κ3) is 3.04. The summed E-state index contributed by atoms with van der Waals surface area (Å²) in [5, 5.41) is 8.78. The number of fused-ring (bicyclic) bond motifs is 2. The lowest BCUT2D eigenvalue weighted by molar-refractivity contribution is -0.168. The van der Waals surface area contributed by atoms with E-state index in [2.05, 4.69) is 6.07 Å². The summed E-state index contributed by atoms with van der Waals surface area (Å²) in [5.74, 6) is -1.48. The number of ether oxygens (including phenoxy) is 2. The Morgan fingerprint density at radius 3 is 2.65 bits per heavy atom. The molecule has 154 valence electrons. The van der Waals surface area contributed by atoms with Crippen LogP contribution in [0.5, 0.6) is 0 Å². The highest BCUT2D eigenvalue weighted by Crippen LogP contribution is 2.46. The molecule has 5 rings (SSSR count). The van der Waals surface area contributed by atoms with Crippen LogP contribution in [0.3, 0.4) is 0 Å². The van der Waals surface area contributed by atoms with Gasteiger partial charge in [-0.3, -0.25) is 14.0 Å². The average molecular weight is 433 g/mol. The zero-order valence-electron chi connectivity index (χ0n) is 16.3. The zero-order chi connectivity index (χ0) is 21.7. The fourth-order valence-electron chi connectivity index (χ4n) is 3.74. The van der Waals surface area contributed by atoms with Crippen LogP contribution in [-0.4, -0.2) is 28.1 Å². The Labute approximate surface area is 181 Å². The topological polar surface area (TPSA) is 99.9 Å². The minimum atomic E-state index is -1.16. The highest BCUT2D eigenvalue weighted by molar-refractivity contribution is 8.01. The highest BCUT2D eigenvalue weighted by atomic mass is 32.2. The number of benzene rings is 2. The number of esters is 2. The minimum Gasteiger partial charge on any atom is -0.417 e. The molecule has 0 radical (unpaired) electrons. The molecule has 9 heteroatoms. The summed E-state index contributed by atoms with van der Waals surface area (Å²) in [6, 6.07) is 15.7. The first-order valence-electron chi connectivity index (χ1n) is 9.49. The van der Waals surface area contributed by atoms with Crippen LogP contribution in [0.2, 0.25) is 0 Å². The summed E-state index contributed by atoms with van der Waals surface area (Å²) in [4.78, 5) is 38.9. The Morgan fingerprint density at radius 2 is 1.94 bits per heavy atom. The quantitative estimate of drug-likeness (QED) is 0.413. The molecule has 0 spiro atoms. The van der Waals surface area contributed by atoms with Gasteiger partial charge >= 0.3 is 11.9 Å². The number of β-lactam (4-membered cyclic amide) rings is 1. The Morgan fingerprint density at radius 1 is 1.19 bits per heavy atom. The monoisotopic (exact) mass is 433 g/mol. The third-order valence-corrected chi connectivity index (χ3v) is 6.62. The van der Waals surface area contributed by atoms with E-state index in [9.17, 15) is 14.4 Å². The summed E-state index contributed by atoms with van der Waals surface area (Å²) in [7, 11) is 0. The van der Waals surface area contributed by atoms with Gasteiger partial charge in [0.05, 0.1) is 35.0 Å². The van der Waals surface area contributed by atoms with Crippen molar-refractivity contribution in [2.75, 3.05) is 4.31 Å². The Hall–Kier alpha value is -3.77. The molecular formula is C22H15N3O5S. The number of rotatable bonds is 3. The molecule has 1 saturated heterocycles. The SMILES string of the molecule is CC1=C(C(=O)OC2OC(=O)c3ccccc32)N2C(=O)C[C@H]2SN1c1ccc(C#N)cc1. The molecule has 0 saturated carbocycles. The van der Waals surface area contributed by atoms with E-state index in [0.717, 1.165) is 5.69 Å². The van der Waals surface area contributed by atoms with E-state index in [1.54, 1.807) is 55.5 Å². The predicted molar refractivity (Wildman–Crippen MR) is 110 cm³/mol. The zero-order valence-corrected chi connectivity index (χ0v) is 17.1. The van der Waals surface area contributed by atoms with Crippen LogP contribution in [0.4, 0.5) is 5.69 Å². The fourth-order valence-corrected chi connectivity index (χ4v) is 5.00. The average Bonchev–Trinajstić information content (AvgIpc) is 3.09. The number of carbonyl (C=O) groups is 3. The molecule has 1 fully saturated rings. The molecule has 1 unspecified atom stereocenters. The van der Waals surface area contributed by atoms with E-state index in [1.807, 2.05) is 4.31 Å². The van der Waals surface area contributed by atoms with Crippen LogP contribution in [0.1, 0.15) is 41.1 Å². The van der Waals surface area contributed by atoms with Crippen LogP contribution in [0, 0.1) is 11.3 Å². The van der Waals surface area contributed by atoms with Gasteiger partial charge in [0, 0.05) is 5.56 Å². The van der Waals surface area contributed by atoms with Gasteiger partial charge in [0.25, 0.3) is 6.29 Å². The van der Waals surface area contributed by atoms with Crippen LogP contribution in [-0.2, 0) is 19.1 Å². The summed E-state index contributed by atoms with van der Waals surface area (Å²) in [6.45, 7) is 1.72. The highest BCUT2D eigenvalue weighted by Gasteiger charge is 2.49. The van der Waals surface area contributed by atoms with Crippen molar-refractivity contribution in [2.24, 2.45) is 0 Å². The maximum atomic E-state index is 13.1. The number of nitriles is 1. The molecule has 1 amide bonds. The number of hydrogen-bond acceptors (Lipinski definition) is 8. The lowest BCUT2D eigenvalue weighted by atomic mass is 10.1. The van der Waals surface area contributed by atoms with Crippen LogP contribution in [0.25, 0.3) is 0 Å². The Balaban J connectivity index is 1.48. The molecule has 2 aromatic carbocycles. The first kappa shape index (κ1) is 19.2. The summed E-state index contributed by atoms with van der Waals surface area (Å²) < 4.78 is 12.6. The molecule has 0 aromatic heterocycles. The Kier molecular flexibility index (Phi) is 4.45. The Bertz CT molecular complexity index is 1200. The second kappa shape index (κ2) is 7.18. The van der Waals surface area contributed by atoms with Crippen LogP contribution >= 0.6 is 11.9 Å². The van der Waals surface area contributed by atoms with Gasteiger partial charge in [0.15, 0.2) is 5.70 Å². The van der Waals surface area contributed by atoms with E-state index < -0.39 is 18.2 Å². The second-order valence-electron chi connectivity index (χ2n) is 7.14. The number of carbonyl (C=O) groups excluding carboxylic acids is 3. The van der Waals surface area contributed by atoms with Crippen LogP contribution in [0.15, 0.2) is 59.9 Å². The van der Waals surface area contributed by atoms with Gasteiger partial charge in [-0.05, 0) is 49.2 Å². The maximum Gasteiger partial charge on any atom is 0.360 e. The van der Waals surface area contributed by atoms with Gasteiger partial charge in [-0.2, -0.15) is 5.26 Å². The second-order valence-corrected chi connectivity index (χ2v) is 8.26. The fraction of sp³-hybridized carbons (Fsp3) is 0.182.